The smallest absolute Gasteiger partial charge is 0.321 e. The van der Waals surface area contributed by atoms with Crippen molar-refractivity contribution in [2.24, 2.45) is 0 Å². The Balaban J connectivity index is 1.33. The largest absolute Gasteiger partial charge is 0.322 e. The van der Waals surface area contributed by atoms with Crippen LogP contribution in [0.1, 0.15) is 48.4 Å². The van der Waals surface area contributed by atoms with E-state index in [0.717, 1.165) is 37.4 Å². The summed E-state index contributed by atoms with van der Waals surface area (Å²) < 4.78 is 0. The van der Waals surface area contributed by atoms with Crippen molar-refractivity contribution in [3.63, 3.8) is 0 Å². The van der Waals surface area contributed by atoms with Crippen LogP contribution in [0, 0.1) is 0 Å². The van der Waals surface area contributed by atoms with E-state index in [-0.39, 0.29) is 11.9 Å². The van der Waals surface area contributed by atoms with Gasteiger partial charge in [-0.2, -0.15) is 5.10 Å². The fourth-order valence-electron chi connectivity index (χ4n) is 4.93. The average Bonchev–Trinajstić information content (AvgIpc) is 3.44. The lowest BCUT2D eigenvalue weighted by molar-refractivity contribution is 0.0712. The number of nitrogens with zero attached hydrogens (tertiary/aromatic N) is 5. The van der Waals surface area contributed by atoms with E-state index in [0.29, 0.717) is 24.1 Å². The van der Waals surface area contributed by atoms with Gasteiger partial charge in [0, 0.05) is 37.4 Å². The Morgan fingerprint density at radius 2 is 2.10 bits per heavy atom. The summed E-state index contributed by atoms with van der Waals surface area (Å²) in [6, 6.07) is 5.73. The maximum Gasteiger partial charge on any atom is 0.321 e. The fourth-order valence-corrected chi connectivity index (χ4v) is 4.93. The molecule has 1 atom stereocenters. The summed E-state index contributed by atoms with van der Waals surface area (Å²) in [6.07, 6.45) is 3.97. The molecule has 3 aliphatic heterocycles. The normalized spacial score (nSPS) is 22.7. The molecule has 0 radical (unpaired) electrons. The van der Waals surface area contributed by atoms with Gasteiger partial charge in [-0.05, 0) is 45.4 Å². The number of pyridine rings is 1. The molecule has 0 spiro atoms. The van der Waals surface area contributed by atoms with Crippen LogP contribution in [-0.4, -0.2) is 74.0 Å². The maximum atomic E-state index is 13.4. The third-order valence-electron chi connectivity index (χ3n) is 6.69. The zero-order chi connectivity index (χ0) is 20.9. The van der Waals surface area contributed by atoms with Gasteiger partial charge in [-0.3, -0.25) is 19.8 Å². The van der Waals surface area contributed by atoms with Gasteiger partial charge in [-0.1, -0.05) is 6.07 Å². The highest BCUT2D eigenvalue weighted by atomic mass is 16.2. The van der Waals surface area contributed by atoms with Gasteiger partial charge in [0.25, 0.3) is 5.91 Å². The summed E-state index contributed by atoms with van der Waals surface area (Å²) in [5, 5.41) is 10.2. The van der Waals surface area contributed by atoms with E-state index in [1.54, 1.807) is 24.4 Å². The fraction of sp³-hybridized carbons (Fsp3) is 0.524. The van der Waals surface area contributed by atoms with Gasteiger partial charge in [0.15, 0.2) is 5.82 Å². The number of piperazine rings is 1. The number of rotatable bonds is 2. The Morgan fingerprint density at radius 1 is 1.23 bits per heavy atom. The highest BCUT2D eigenvalue weighted by Gasteiger charge is 2.46. The van der Waals surface area contributed by atoms with Crippen LogP contribution in [0.3, 0.4) is 0 Å². The van der Waals surface area contributed by atoms with Gasteiger partial charge >= 0.3 is 6.03 Å². The molecule has 0 bridgehead atoms. The second-order valence-electron chi connectivity index (χ2n) is 8.80. The molecule has 158 valence electrons. The second-order valence-corrected chi connectivity index (χ2v) is 8.80. The third kappa shape index (κ3) is 3.04. The molecular formula is C21H27N7O2. The van der Waals surface area contributed by atoms with Crippen molar-refractivity contribution in [2.75, 3.05) is 31.5 Å². The van der Waals surface area contributed by atoms with Crippen LogP contribution in [0.15, 0.2) is 24.4 Å². The number of H-pyrrole nitrogens is 1. The molecule has 2 saturated heterocycles. The van der Waals surface area contributed by atoms with E-state index in [1.807, 2.05) is 23.6 Å². The van der Waals surface area contributed by atoms with Crippen LogP contribution < -0.4 is 5.32 Å². The summed E-state index contributed by atoms with van der Waals surface area (Å²) in [5.74, 6) is 0.148. The first-order valence-corrected chi connectivity index (χ1v) is 10.6. The molecule has 2 aromatic heterocycles. The lowest BCUT2D eigenvalue weighted by Gasteiger charge is -2.42. The SMILES string of the molecule is CC1(C)c2[nH]nc(NC(=O)c3ccccn3)c2CN1C(=O)N1CCN2CCCC2C1. The minimum Gasteiger partial charge on any atom is -0.322 e. The Labute approximate surface area is 175 Å². The monoisotopic (exact) mass is 409 g/mol. The number of hydrogen-bond acceptors (Lipinski definition) is 5. The minimum absolute atomic E-state index is 0.0538. The number of fused-ring (bicyclic) bond motifs is 2. The van der Waals surface area contributed by atoms with Crippen molar-refractivity contribution in [3.05, 3.63) is 41.3 Å². The van der Waals surface area contributed by atoms with Crippen molar-refractivity contribution in [2.45, 2.75) is 44.8 Å². The number of carbonyl (C=O) groups excluding carboxylic acids is 2. The summed E-state index contributed by atoms with van der Waals surface area (Å²) >= 11 is 0. The van der Waals surface area contributed by atoms with Crippen molar-refractivity contribution in [3.8, 4) is 0 Å². The molecule has 2 aromatic rings. The van der Waals surface area contributed by atoms with E-state index < -0.39 is 5.54 Å². The predicted octanol–water partition coefficient (Wildman–Crippen LogP) is 2.01. The van der Waals surface area contributed by atoms with E-state index in [1.165, 1.54) is 12.8 Å². The molecule has 3 aliphatic rings. The molecule has 0 saturated carbocycles. The van der Waals surface area contributed by atoms with Crippen LogP contribution in [0.2, 0.25) is 0 Å². The number of carbonyl (C=O) groups is 2. The molecule has 0 aromatic carbocycles. The topological polar surface area (TPSA) is 97.5 Å². The number of amides is 3. The summed E-state index contributed by atoms with van der Waals surface area (Å²) in [7, 11) is 0. The number of hydrogen-bond donors (Lipinski definition) is 2. The predicted molar refractivity (Wildman–Crippen MR) is 111 cm³/mol. The molecule has 9 nitrogen and oxygen atoms in total. The van der Waals surface area contributed by atoms with E-state index in [4.69, 9.17) is 0 Å². The number of aromatic amines is 1. The van der Waals surface area contributed by atoms with Crippen molar-refractivity contribution >= 4 is 17.8 Å². The first-order valence-electron chi connectivity index (χ1n) is 10.6. The van der Waals surface area contributed by atoms with Crippen molar-refractivity contribution < 1.29 is 9.59 Å². The average molecular weight is 409 g/mol. The van der Waals surface area contributed by atoms with Crippen molar-refractivity contribution in [1.82, 2.24) is 29.9 Å². The van der Waals surface area contributed by atoms with Gasteiger partial charge in [0.05, 0.1) is 17.8 Å². The lowest BCUT2D eigenvalue weighted by atomic mass is 10.0. The van der Waals surface area contributed by atoms with Crippen LogP contribution >= 0.6 is 0 Å². The van der Waals surface area contributed by atoms with E-state index in [9.17, 15) is 9.59 Å². The number of anilines is 1. The second kappa shape index (κ2) is 7.09. The zero-order valence-electron chi connectivity index (χ0n) is 17.4. The van der Waals surface area contributed by atoms with Gasteiger partial charge < -0.3 is 15.1 Å². The molecule has 9 heteroatoms. The van der Waals surface area contributed by atoms with Gasteiger partial charge in [-0.25, -0.2) is 4.79 Å². The third-order valence-corrected chi connectivity index (χ3v) is 6.69. The molecule has 0 aliphatic carbocycles. The summed E-state index contributed by atoms with van der Waals surface area (Å²) in [4.78, 5) is 36.4. The standard InChI is InChI=1S/C21H27N7O2/c1-21(2)17-15(18(25-24-17)23-19(29)16-7-3-4-8-22-16)13-28(21)20(30)27-11-10-26-9-5-6-14(26)12-27/h3-4,7-8,14H,5-6,9-13H2,1-2H3,(H2,23,24,25,29). The molecule has 30 heavy (non-hydrogen) atoms. The first kappa shape index (κ1) is 19.0. The summed E-state index contributed by atoms with van der Waals surface area (Å²) in [6.45, 7) is 8.11. The molecule has 5 rings (SSSR count). The van der Waals surface area contributed by atoms with Crippen LogP contribution in [0.4, 0.5) is 10.6 Å². The maximum absolute atomic E-state index is 13.4. The highest BCUT2D eigenvalue weighted by Crippen LogP contribution is 2.41. The van der Waals surface area contributed by atoms with E-state index >= 15 is 0 Å². The van der Waals surface area contributed by atoms with Gasteiger partial charge in [0.1, 0.15) is 5.69 Å². The van der Waals surface area contributed by atoms with Crippen LogP contribution in [0.25, 0.3) is 0 Å². The highest BCUT2D eigenvalue weighted by molar-refractivity contribution is 6.02. The Bertz CT molecular complexity index is 971. The van der Waals surface area contributed by atoms with Crippen LogP contribution in [0.5, 0.6) is 0 Å². The van der Waals surface area contributed by atoms with Gasteiger partial charge in [0.2, 0.25) is 0 Å². The lowest BCUT2D eigenvalue weighted by Crippen LogP contribution is -2.57. The molecule has 1 unspecified atom stereocenters. The number of urea groups is 1. The first-order chi connectivity index (χ1) is 14.4. The molecule has 5 heterocycles. The molecule has 2 fully saturated rings. The molecule has 2 N–H and O–H groups in total. The Morgan fingerprint density at radius 3 is 2.90 bits per heavy atom. The summed E-state index contributed by atoms with van der Waals surface area (Å²) in [5.41, 5.74) is 1.53. The minimum atomic E-state index is -0.528. The van der Waals surface area contributed by atoms with Crippen molar-refractivity contribution in [1.29, 1.82) is 0 Å². The van der Waals surface area contributed by atoms with Gasteiger partial charge in [-0.15, -0.1) is 0 Å². The quantitative estimate of drug-likeness (QED) is 0.791. The van der Waals surface area contributed by atoms with Crippen LogP contribution in [-0.2, 0) is 12.1 Å². The number of nitrogens with one attached hydrogen (secondary N) is 2. The zero-order valence-corrected chi connectivity index (χ0v) is 17.4. The van der Waals surface area contributed by atoms with E-state index in [2.05, 4.69) is 25.4 Å². The Kier molecular flexibility index (Phi) is 4.50. The molecule has 3 amide bonds. The number of aromatic nitrogens is 3. The molecular weight excluding hydrogens is 382 g/mol. The Hall–Kier alpha value is -2.94.